The highest BCUT2D eigenvalue weighted by Crippen LogP contribution is 2.14. The Balaban J connectivity index is 1.88. The summed E-state index contributed by atoms with van der Waals surface area (Å²) in [4.78, 5) is 22.3. The molecule has 2 amide bonds. The summed E-state index contributed by atoms with van der Waals surface area (Å²) >= 11 is 0.925. The first-order valence-corrected chi connectivity index (χ1v) is 5.47. The van der Waals surface area contributed by atoms with Gasteiger partial charge in [0.25, 0.3) is 0 Å². The number of hydrogen-bond acceptors (Lipinski definition) is 7. The number of anilines is 1. The number of carboxylic acid groups (broad SMARTS) is 1. The number of amides is 2. The van der Waals surface area contributed by atoms with Gasteiger partial charge in [0, 0.05) is 11.5 Å². The average molecular weight is 259 g/mol. The Kier molecular flexibility index (Phi) is 3.44. The second-order valence-electron chi connectivity index (χ2n) is 3.35. The van der Waals surface area contributed by atoms with Gasteiger partial charge in [0.05, 0.1) is 19.3 Å². The summed E-state index contributed by atoms with van der Waals surface area (Å²) in [6.45, 7) is 0.277. The van der Waals surface area contributed by atoms with Crippen LogP contribution in [0.15, 0.2) is 0 Å². The Bertz CT molecular complexity index is 410. The van der Waals surface area contributed by atoms with E-state index >= 15 is 0 Å². The largest absolute Gasteiger partial charge is 0.481 e. The summed E-state index contributed by atoms with van der Waals surface area (Å²) in [5.41, 5.74) is 0. The molecule has 0 saturated carbocycles. The number of carbonyl (C=O) groups is 2. The van der Waals surface area contributed by atoms with Gasteiger partial charge in [-0.15, -0.1) is 0 Å². The lowest BCUT2D eigenvalue weighted by Gasteiger charge is -2.15. The highest BCUT2D eigenvalue weighted by Gasteiger charge is 2.35. The van der Waals surface area contributed by atoms with Crippen molar-refractivity contribution in [3.8, 4) is 0 Å². The number of nitrogens with one attached hydrogen (secondary N) is 2. The van der Waals surface area contributed by atoms with Crippen LogP contribution in [0.3, 0.4) is 0 Å². The first kappa shape index (κ1) is 11.7. The maximum Gasteiger partial charge on any atom is 0.321 e. The molecule has 2 heterocycles. The third-order valence-electron chi connectivity index (χ3n) is 2.23. The van der Waals surface area contributed by atoms with Crippen molar-refractivity contribution in [1.29, 1.82) is 0 Å². The minimum absolute atomic E-state index is 0.0979. The van der Waals surface area contributed by atoms with Crippen LogP contribution in [0.2, 0.25) is 0 Å². The van der Waals surface area contributed by atoms with E-state index in [0.29, 0.717) is 0 Å². The van der Waals surface area contributed by atoms with Crippen LogP contribution in [-0.4, -0.2) is 51.2 Å². The van der Waals surface area contributed by atoms with Gasteiger partial charge in [0.15, 0.2) is 0 Å². The van der Waals surface area contributed by atoms with Gasteiger partial charge in [-0.2, -0.15) is 0 Å². The lowest BCUT2D eigenvalue weighted by atomic mass is 10.0. The molecule has 1 aromatic heterocycles. The van der Waals surface area contributed by atoms with Gasteiger partial charge in [0.1, 0.15) is 5.92 Å². The van der Waals surface area contributed by atoms with Crippen LogP contribution in [0, 0.1) is 5.92 Å². The molecule has 3 N–H and O–H groups in total. The number of carbonyl (C=O) groups excluding carboxylic acids is 1. The molecule has 9 nitrogen and oxygen atoms in total. The molecule has 2 rings (SSSR count). The van der Waals surface area contributed by atoms with E-state index in [4.69, 9.17) is 9.84 Å². The molecule has 1 aliphatic heterocycles. The van der Waals surface area contributed by atoms with Crippen molar-refractivity contribution in [2.75, 3.05) is 18.5 Å². The Hall–Kier alpha value is -1.81. The summed E-state index contributed by atoms with van der Waals surface area (Å²) in [5, 5.41) is 20.8. The number of rotatable bonds is 3. The molecule has 0 aromatic carbocycles. The Morgan fingerprint density at radius 2 is 2.29 bits per heavy atom. The van der Waals surface area contributed by atoms with E-state index in [1.807, 2.05) is 0 Å². The number of urea groups is 1. The SMILES string of the molecule is O=C(Nc1nnns1)NC1COCC1C(=O)O. The monoisotopic (exact) mass is 259 g/mol. The van der Waals surface area contributed by atoms with Crippen molar-refractivity contribution >= 4 is 28.7 Å². The van der Waals surface area contributed by atoms with Gasteiger partial charge in [-0.25, -0.2) is 4.79 Å². The summed E-state index contributed by atoms with van der Waals surface area (Å²) in [6, 6.07) is -1.10. The fourth-order valence-electron chi connectivity index (χ4n) is 1.42. The van der Waals surface area contributed by atoms with E-state index in [-0.39, 0.29) is 18.3 Å². The Morgan fingerprint density at radius 3 is 2.94 bits per heavy atom. The quantitative estimate of drug-likeness (QED) is 0.645. The van der Waals surface area contributed by atoms with E-state index in [0.717, 1.165) is 11.5 Å². The second kappa shape index (κ2) is 5.01. The van der Waals surface area contributed by atoms with Gasteiger partial charge < -0.3 is 15.2 Å². The fourth-order valence-corrected chi connectivity index (χ4v) is 1.79. The first-order chi connectivity index (χ1) is 8.16. The number of carboxylic acids is 1. The summed E-state index contributed by atoms with van der Waals surface area (Å²) < 4.78 is 8.48. The highest BCUT2D eigenvalue weighted by atomic mass is 32.1. The number of hydrogen-bond donors (Lipinski definition) is 3. The Morgan fingerprint density at radius 1 is 1.47 bits per heavy atom. The molecule has 1 fully saturated rings. The van der Waals surface area contributed by atoms with Crippen LogP contribution in [0.5, 0.6) is 0 Å². The second-order valence-corrected chi connectivity index (χ2v) is 4.09. The zero-order chi connectivity index (χ0) is 12.3. The van der Waals surface area contributed by atoms with Crippen LogP contribution in [0.1, 0.15) is 0 Å². The molecule has 1 aromatic rings. The molecule has 2 unspecified atom stereocenters. The summed E-state index contributed by atoms with van der Waals surface area (Å²) in [5.74, 6) is -1.72. The molecule has 0 aliphatic carbocycles. The summed E-state index contributed by atoms with van der Waals surface area (Å²) in [7, 11) is 0. The van der Waals surface area contributed by atoms with Crippen LogP contribution in [-0.2, 0) is 9.53 Å². The molecule has 1 aliphatic rings. The first-order valence-electron chi connectivity index (χ1n) is 4.70. The minimum atomic E-state index is -0.995. The van der Waals surface area contributed by atoms with Crippen molar-refractivity contribution < 1.29 is 19.4 Å². The third kappa shape index (κ3) is 2.85. The predicted octanol–water partition coefficient (Wildman–Crippen LogP) is -0.846. The predicted molar refractivity (Wildman–Crippen MR) is 55.6 cm³/mol. The minimum Gasteiger partial charge on any atom is -0.481 e. The fraction of sp³-hybridized carbons (Fsp3) is 0.571. The standard InChI is InChI=1S/C7H9N5O4S/c13-5(14)3-1-16-2-4(3)8-6(15)9-7-10-11-12-17-7/h3-4H,1-2H2,(H,13,14)(H2,8,9,10,12,15). The number of aliphatic carboxylic acids is 1. The third-order valence-corrected chi connectivity index (χ3v) is 2.75. The molecular formula is C7H9N5O4S. The zero-order valence-electron chi connectivity index (χ0n) is 8.49. The van der Waals surface area contributed by atoms with Gasteiger partial charge >= 0.3 is 12.0 Å². The van der Waals surface area contributed by atoms with Crippen molar-refractivity contribution in [2.24, 2.45) is 5.92 Å². The van der Waals surface area contributed by atoms with E-state index < -0.39 is 24.0 Å². The smallest absolute Gasteiger partial charge is 0.321 e. The van der Waals surface area contributed by atoms with E-state index in [9.17, 15) is 9.59 Å². The molecule has 2 atom stereocenters. The van der Waals surface area contributed by atoms with Gasteiger partial charge in [-0.1, -0.05) is 9.59 Å². The van der Waals surface area contributed by atoms with Gasteiger partial charge in [-0.05, 0) is 5.21 Å². The van der Waals surface area contributed by atoms with Crippen molar-refractivity contribution in [2.45, 2.75) is 6.04 Å². The molecule has 92 valence electrons. The lowest BCUT2D eigenvalue weighted by molar-refractivity contribution is -0.142. The maximum atomic E-state index is 11.5. The summed E-state index contributed by atoms with van der Waals surface area (Å²) in [6.07, 6.45) is 0. The van der Waals surface area contributed by atoms with E-state index in [1.165, 1.54) is 0 Å². The maximum absolute atomic E-state index is 11.5. The van der Waals surface area contributed by atoms with Gasteiger partial charge in [0.2, 0.25) is 5.13 Å². The molecule has 0 radical (unpaired) electrons. The zero-order valence-corrected chi connectivity index (χ0v) is 9.31. The number of nitrogens with zero attached hydrogens (tertiary/aromatic N) is 3. The number of ether oxygens (including phenoxy) is 1. The van der Waals surface area contributed by atoms with Crippen LogP contribution < -0.4 is 10.6 Å². The Labute approximate surface area is 99.3 Å². The molecule has 0 spiro atoms. The topological polar surface area (TPSA) is 126 Å². The van der Waals surface area contributed by atoms with Crippen LogP contribution in [0.4, 0.5) is 9.93 Å². The molecule has 17 heavy (non-hydrogen) atoms. The van der Waals surface area contributed by atoms with Crippen molar-refractivity contribution in [1.82, 2.24) is 20.1 Å². The average Bonchev–Trinajstić information content (AvgIpc) is 2.88. The number of aromatic nitrogens is 3. The molecular weight excluding hydrogens is 250 g/mol. The lowest BCUT2D eigenvalue weighted by Crippen LogP contribution is -2.44. The van der Waals surface area contributed by atoms with E-state index in [1.54, 1.807) is 0 Å². The van der Waals surface area contributed by atoms with Crippen LogP contribution >= 0.6 is 11.5 Å². The normalized spacial score (nSPS) is 23.3. The van der Waals surface area contributed by atoms with Crippen LogP contribution in [0.25, 0.3) is 0 Å². The van der Waals surface area contributed by atoms with Crippen molar-refractivity contribution in [3.05, 3.63) is 0 Å². The van der Waals surface area contributed by atoms with E-state index in [2.05, 4.69) is 25.4 Å². The molecule has 10 heteroatoms. The highest BCUT2D eigenvalue weighted by molar-refractivity contribution is 7.09. The van der Waals surface area contributed by atoms with Crippen molar-refractivity contribution in [3.63, 3.8) is 0 Å². The van der Waals surface area contributed by atoms with Gasteiger partial charge in [-0.3, -0.25) is 10.1 Å². The molecule has 0 bridgehead atoms. The molecule has 1 saturated heterocycles.